The molecule has 0 spiro atoms. The normalized spacial score (nSPS) is 17.2. The maximum absolute atomic E-state index is 13.5. The summed E-state index contributed by atoms with van der Waals surface area (Å²) < 4.78 is 45.9. The first-order chi connectivity index (χ1) is 13.1. The average molecular weight is 390 g/mol. The smallest absolute Gasteiger partial charge is 0.404 e. The van der Waals surface area contributed by atoms with Crippen molar-refractivity contribution in [3.05, 3.63) is 59.2 Å². The highest BCUT2D eigenvalue weighted by atomic mass is 19.4. The molecule has 2 unspecified atom stereocenters. The fourth-order valence-electron chi connectivity index (χ4n) is 3.59. The van der Waals surface area contributed by atoms with Gasteiger partial charge in [0.25, 0.3) is 0 Å². The summed E-state index contributed by atoms with van der Waals surface area (Å²) in [4.78, 5) is 12.6. The van der Waals surface area contributed by atoms with Gasteiger partial charge in [0.1, 0.15) is 5.60 Å². The van der Waals surface area contributed by atoms with Crippen LogP contribution in [0.4, 0.5) is 13.2 Å². The van der Waals surface area contributed by atoms with Gasteiger partial charge in [-0.05, 0) is 60.9 Å². The number of benzene rings is 2. The van der Waals surface area contributed by atoms with E-state index in [1.807, 2.05) is 37.3 Å². The molecule has 0 amide bonds. The number of alkyl halides is 3. The van der Waals surface area contributed by atoms with E-state index in [9.17, 15) is 18.0 Å². The van der Waals surface area contributed by atoms with Crippen molar-refractivity contribution in [2.75, 3.05) is 0 Å². The molecule has 1 aliphatic rings. The SMILES string of the molecule is CCC(C)(OC(=O)C(C)(CC)C(F)(F)F)c1ccc2c(c1)Cc1ccccc1-2. The van der Waals surface area contributed by atoms with Crippen LogP contribution in [0.3, 0.4) is 0 Å². The summed E-state index contributed by atoms with van der Waals surface area (Å²) in [6.07, 6.45) is -3.88. The molecule has 28 heavy (non-hydrogen) atoms. The molecule has 0 bridgehead atoms. The number of carbonyl (C=O) groups excluding carboxylic acids is 1. The zero-order valence-corrected chi connectivity index (χ0v) is 16.6. The van der Waals surface area contributed by atoms with Gasteiger partial charge in [-0.3, -0.25) is 4.79 Å². The Balaban J connectivity index is 1.93. The topological polar surface area (TPSA) is 26.3 Å². The summed E-state index contributed by atoms with van der Waals surface area (Å²) in [6.45, 7) is 5.75. The van der Waals surface area contributed by atoms with E-state index in [0.29, 0.717) is 6.42 Å². The van der Waals surface area contributed by atoms with Gasteiger partial charge in [0.05, 0.1) is 0 Å². The average Bonchev–Trinajstić information content (AvgIpc) is 3.03. The Kier molecular flexibility index (Phi) is 5.07. The van der Waals surface area contributed by atoms with Gasteiger partial charge in [-0.25, -0.2) is 0 Å². The Hall–Kier alpha value is -2.30. The standard InChI is InChI=1S/C23H25F3O2/c1-5-21(3,23(24,25)26)20(27)28-22(4,6-2)17-11-12-19-16(14-17)13-15-9-7-8-10-18(15)19/h7-12,14H,5-6,13H2,1-4H3. The first kappa shape index (κ1) is 20.4. The predicted octanol–water partition coefficient (Wildman–Crippen LogP) is 6.40. The predicted molar refractivity (Wildman–Crippen MR) is 103 cm³/mol. The van der Waals surface area contributed by atoms with Crippen LogP contribution in [0.15, 0.2) is 42.5 Å². The molecule has 1 aliphatic carbocycles. The van der Waals surface area contributed by atoms with Crippen molar-refractivity contribution in [1.29, 1.82) is 0 Å². The monoisotopic (exact) mass is 390 g/mol. The van der Waals surface area contributed by atoms with Gasteiger partial charge in [0.15, 0.2) is 5.41 Å². The van der Waals surface area contributed by atoms with Gasteiger partial charge in [-0.1, -0.05) is 56.3 Å². The maximum atomic E-state index is 13.5. The molecule has 0 aliphatic heterocycles. The summed E-state index contributed by atoms with van der Waals surface area (Å²) in [7, 11) is 0. The Bertz CT molecular complexity index is 903. The van der Waals surface area contributed by atoms with E-state index >= 15 is 0 Å². The zero-order valence-electron chi connectivity index (χ0n) is 16.6. The summed E-state index contributed by atoms with van der Waals surface area (Å²) in [6, 6.07) is 13.9. The molecule has 2 nitrogen and oxygen atoms in total. The largest absolute Gasteiger partial charge is 0.454 e. The summed E-state index contributed by atoms with van der Waals surface area (Å²) in [5.74, 6) is -1.23. The van der Waals surface area contributed by atoms with Gasteiger partial charge in [-0.2, -0.15) is 13.2 Å². The molecule has 2 atom stereocenters. The van der Waals surface area contributed by atoms with E-state index in [-0.39, 0.29) is 6.42 Å². The molecule has 0 radical (unpaired) electrons. The molecule has 0 aromatic heterocycles. The first-order valence-corrected chi connectivity index (χ1v) is 9.57. The number of hydrogen-bond acceptors (Lipinski definition) is 2. The number of hydrogen-bond donors (Lipinski definition) is 0. The zero-order chi connectivity index (χ0) is 20.7. The van der Waals surface area contributed by atoms with Crippen LogP contribution in [0.2, 0.25) is 0 Å². The van der Waals surface area contributed by atoms with Crippen LogP contribution < -0.4 is 0 Å². The van der Waals surface area contributed by atoms with Crippen LogP contribution in [0.5, 0.6) is 0 Å². The van der Waals surface area contributed by atoms with Gasteiger partial charge in [0.2, 0.25) is 0 Å². The maximum Gasteiger partial charge on any atom is 0.404 e. The number of fused-ring (bicyclic) bond motifs is 3. The number of carbonyl (C=O) groups is 1. The molecule has 0 heterocycles. The lowest BCUT2D eigenvalue weighted by molar-refractivity contribution is -0.238. The number of halogens is 3. The van der Waals surface area contributed by atoms with Crippen LogP contribution in [0, 0.1) is 5.41 Å². The van der Waals surface area contributed by atoms with Crippen molar-refractivity contribution < 1.29 is 22.7 Å². The van der Waals surface area contributed by atoms with Crippen molar-refractivity contribution >= 4 is 5.97 Å². The van der Waals surface area contributed by atoms with E-state index in [0.717, 1.165) is 30.0 Å². The lowest BCUT2D eigenvalue weighted by atomic mass is 9.85. The van der Waals surface area contributed by atoms with Crippen molar-refractivity contribution in [1.82, 2.24) is 0 Å². The number of esters is 1. The summed E-state index contributed by atoms with van der Waals surface area (Å²) in [5, 5.41) is 0. The van der Waals surface area contributed by atoms with Gasteiger partial charge in [-0.15, -0.1) is 0 Å². The minimum atomic E-state index is -4.66. The van der Waals surface area contributed by atoms with Crippen LogP contribution in [0.1, 0.15) is 57.2 Å². The number of ether oxygens (including phenoxy) is 1. The Labute approximate surface area is 163 Å². The molecule has 0 saturated carbocycles. The van der Waals surface area contributed by atoms with E-state index in [4.69, 9.17) is 4.74 Å². The van der Waals surface area contributed by atoms with Gasteiger partial charge < -0.3 is 4.74 Å². The molecule has 5 heteroatoms. The molecular formula is C23H25F3O2. The van der Waals surface area contributed by atoms with E-state index in [2.05, 4.69) is 12.1 Å². The fourth-order valence-corrected chi connectivity index (χ4v) is 3.59. The molecule has 150 valence electrons. The lowest BCUT2D eigenvalue weighted by Crippen LogP contribution is -2.46. The third kappa shape index (κ3) is 3.21. The Morgan fingerprint density at radius 1 is 0.964 bits per heavy atom. The van der Waals surface area contributed by atoms with Gasteiger partial charge >= 0.3 is 12.1 Å². The molecule has 2 aromatic carbocycles. The molecule has 3 rings (SSSR count). The van der Waals surface area contributed by atoms with E-state index in [1.54, 1.807) is 6.92 Å². The molecule has 0 fully saturated rings. The van der Waals surface area contributed by atoms with Crippen LogP contribution in [0.25, 0.3) is 11.1 Å². The molecule has 0 N–H and O–H groups in total. The first-order valence-electron chi connectivity index (χ1n) is 9.57. The highest BCUT2D eigenvalue weighted by Gasteiger charge is 2.57. The minimum Gasteiger partial charge on any atom is -0.454 e. The number of rotatable bonds is 5. The van der Waals surface area contributed by atoms with Crippen molar-refractivity contribution in [2.24, 2.45) is 5.41 Å². The Morgan fingerprint density at radius 3 is 2.21 bits per heavy atom. The van der Waals surface area contributed by atoms with Crippen LogP contribution >= 0.6 is 0 Å². The van der Waals surface area contributed by atoms with Crippen molar-refractivity contribution in [3.8, 4) is 11.1 Å². The lowest BCUT2D eigenvalue weighted by Gasteiger charge is -2.35. The van der Waals surface area contributed by atoms with E-state index < -0.39 is 23.2 Å². The molecule has 2 aromatic rings. The molecular weight excluding hydrogens is 365 g/mol. The summed E-state index contributed by atoms with van der Waals surface area (Å²) in [5.41, 5.74) is 1.70. The minimum absolute atomic E-state index is 0.366. The van der Waals surface area contributed by atoms with Crippen molar-refractivity contribution in [3.63, 3.8) is 0 Å². The highest BCUT2D eigenvalue weighted by Crippen LogP contribution is 2.45. The molecule has 0 saturated heterocycles. The highest BCUT2D eigenvalue weighted by molar-refractivity contribution is 5.79. The van der Waals surface area contributed by atoms with E-state index in [1.165, 1.54) is 18.1 Å². The second kappa shape index (κ2) is 6.94. The summed E-state index contributed by atoms with van der Waals surface area (Å²) >= 11 is 0. The van der Waals surface area contributed by atoms with Crippen LogP contribution in [-0.2, 0) is 21.6 Å². The third-order valence-electron chi connectivity index (χ3n) is 6.18. The fraction of sp³-hybridized carbons (Fsp3) is 0.435. The van der Waals surface area contributed by atoms with Crippen molar-refractivity contribution in [2.45, 2.75) is 58.7 Å². The second-order valence-corrected chi connectivity index (χ2v) is 7.86. The van der Waals surface area contributed by atoms with Gasteiger partial charge in [0, 0.05) is 0 Å². The third-order valence-corrected chi connectivity index (χ3v) is 6.18. The quantitative estimate of drug-likeness (QED) is 0.471. The second-order valence-electron chi connectivity index (χ2n) is 7.86. The van der Waals surface area contributed by atoms with Crippen LogP contribution in [-0.4, -0.2) is 12.1 Å². The Morgan fingerprint density at radius 2 is 1.61 bits per heavy atom.